The molecule has 1 aromatic heterocycles. The molecule has 1 fully saturated rings. The van der Waals surface area contributed by atoms with Gasteiger partial charge >= 0.3 is 0 Å². The lowest BCUT2D eigenvalue weighted by molar-refractivity contribution is 0.203. The molecule has 0 saturated carbocycles. The van der Waals surface area contributed by atoms with E-state index >= 15 is 0 Å². The van der Waals surface area contributed by atoms with Gasteiger partial charge in [0.15, 0.2) is 0 Å². The number of aromatic nitrogens is 2. The highest BCUT2D eigenvalue weighted by Crippen LogP contribution is 2.26. The summed E-state index contributed by atoms with van der Waals surface area (Å²) in [6.07, 6.45) is 8.47. The molecular formula is C18H23N3O. The fourth-order valence-electron chi connectivity index (χ4n) is 2.89. The van der Waals surface area contributed by atoms with Crippen LogP contribution in [0.25, 0.3) is 11.1 Å². The summed E-state index contributed by atoms with van der Waals surface area (Å²) < 4.78 is 5.90. The van der Waals surface area contributed by atoms with Crippen molar-refractivity contribution in [2.75, 3.05) is 26.2 Å². The smallest absolute Gasteiger partial charge is 0.224 e. The fraction of sp³-hybridized carbons (Fsp3) is 0.444. The van der Waals surface area contributed by atoms with Crippen molar-refractivity contribution >= 4 is 0 Å². The number of likely N-dealkylation sites (tertiary alicyclic amines) is 1. The van der Waals surface area contributed by atoms with Gasteiger partial charge in [0.05, 0.1) is 12.2 Å². The molecule has 1 aliphatic heterocycles. The molecule has 1 saturated heterocycles. The van der Waals surface area contributed by atoms with Crippen LogP contribution in [0.1, 0.15) is 25.7 Å². The van der Waals surface area contributed by atoms with E-state index in [0.29, 0.717) is 12.5 Å². The van der Waals surface area contributed by atoms with Crippen LogP contribution in [0, 0.1) is 0 Å². The maximum atomic E-state index is 5.90. The maximum absolute atomic E-state index is 5.90. The molecule has 1 aromatic carbocycles. The number of ether oxygens (including phenoxy) is 1. The van der Waals surface area contributed by atoms with Crippen LogP contribution in [0.2, 0.25) is 0 Å². The number of hydrogen-bond donors (Lipinski definition) is 0. The molecule has 22 heavy (non-hydrogen) atoms. The number of nitrogens with zero attached hydrogens (tertiary/aromatic N) is 3. The monoisotopic (exact) mass is 297 g/mol. The van der Waals surface area contributed by atoms with E-state index < -0.39 is 0 Å². The fourth-order valence-corrected chi connectivity index (χ4v) is 2.89. The Morgan fingerprint density at radius 1 is 1.05 bits per heavy atom. The minimum absolute atomic E-state index is 0.680. The van der Waals surface area contributed by atoms with Gasteiger partial charge in [-0.05, 0) is 37.9 Å². The zero-order chi connectivity index (χ0) is 15.0. The van der Waals surface area contributed by atoms with E-state index in [1.165, 1.54) is 32.4 Å². The molecule has 0 N–H and O–H groups in total. The van der Waals surface area contributed by atoms with Gasteiger partial charge in [-0.1, -0.05) is 36.8 Å². The summed E-state index contributed by atoms with van der Waals surface area (Å²) in [5.41, 5.74) is 2.05. The third-order valence-electron chi connectivity index (χ3n) is 4.07. The lowest BCUT2D eigenvalue weighted by Gasteiger charge is -2.26. The quantitative estimate of drug-likeness (QED) is 0.766. The summed E-state index contributed by atoms with van der Waals surface area (Å²) >= 11 is 0. The van der Waals surface area contributed by atoms with Crippen molar-refractivity contribution in [2.45, 2.75) is 25.7 Å². The van der Waals surface area contributed by atoms with Crippen LogP contribution in [0.5, 0.6) is 5.88 Å². The molecule has 0 aliphatic carbocycles. The van der Waals surface area contributed by atoms with Crippen molar-refractivity contribution in [3.05, 3.63) is 42.9 Å². The first kappa shape index (κ1) is 15.0. The first-order valence-electron chi connectivity index (χ1n) is 8.14. The van der Waals surface area contributed by atoms with Gasteiger partial charge in [-0.2, -0.15) is 0 Å². The van der Waals surface area contributed by atoms with Crippen LogP contribution in [-0.2, 0) is 0 Å². The Hall–Kier alpha value is -1.94. The summed E-state index contributed by atoms with van der Waals surface area (Å²) in [6.45, 7) is 4.30. The van der Waals surface area contributed by atoms with E-state index in [1.807, 2.05) is 24.4 Å². The van der Waals surface area contributed by atoms with Gasteiger partial charge in [-0.15, -0.1) is 0 Å². The second-order valence-corrected chi connectivity index (χ2v) is 5.71. The third kappa shape index (κ3) is 4.04. The minimum atomic E-state index is 0.680. The summed E-state index contributed by atoms with van der Waals surface area (Å²) in [6, 6.07) is 10.1. The average Bonchev–Trinajstić information content (AvgIpc) is 2.61. The zero-order valence-corrected chi connectivity index (χ0v) is 12.9. The largest absolute Gasteiger partial charge is 0.477 e. The number of benzene rings is 1. The van der Waals surface area contributed by atoms with Gasteiger partial charge in [0.2, 0.25) is 5.88 Å². The highest BCUT2D eigenvalue weighted by atomic mass is 16.5. The van der Waals surface area contributed by atoms with Crippen LogP contribution < -0.4 is 4.74 Å². The second kappa shape index (κ2) is 7.90. The van der Waals surface area contributed by atoms with E-state index in [1.54, 1.807) is 6.33 Å². The normalized spacial score (nSPS) is 15.6. The topological polar surface area (TPSA) is 38.3 Å². The van der Waals surface area contributed by atoms with Crippen molar-refractivity contribution < 1.29 is 4.74 Å². The first-order chi connectivity index (χ1) is 10.9. The van der Waals surface area contributed by atoms with Crippen LogP contribution in [0.15, 0.2) is 42.9 Å². The lowest BCUT2D eigenvalue weighted by atomic mass is 10.1. The molecule has 0 atom stereocenters. The number of rotatable bonds is 6. The molecular weight excluding hydrogens is 274 g/mol. The first-order valence-corrected chi connectivity index (χ1v) is 8.14. The molecule has 0 spiro atoms. The van der Waals surface area contributed by atoms with Crippen LogP contribution in [-0.4, -0.2) is 41.1 Å². The summed E-state index contributed by atoms with van der Waals surface area (Å²) in [5.74, 6) is 0.680. The van der Waals surface area contributed by atoms with Gasteiger partial charge in [-0.3, -0.25) is 0 Å². The lowest BCUT2D eigenvalue weighted by Crippen LogP contribution is -2.31. The molecule has 0 unspecified atom stereocenters. The van der Waals surface area contributed by atoms with Crippen LogP contribution in [0.4, 0.5) is 0 Å². The molecule has 0 amide bonds. The SMILES string of the molecule is c1ccc(-c2cncnc2OCCCN2CCCCC2)cc1. The van der Waals surface area contributed by atoms with Crippen LogP contribution in [0.3, 0.4) is 0 Å². The summed E-state index contributed by atoms with van der Waals surface area (Å²) in [4.78, 5) is 10.9. The predicted molar refractivity (Wildman–Crippen MR) is 87.9 cm³/mol. The standard InChI is InChI=1S/C18H23N3O/c1-3-8-16(9-4-1)17-14-19-15-20-18(17)22-13-7-12-21-10-5-2-6-11-21/h1,3-4,8-9,14-15H,2,5-7,10-13H2. The Balaban J connectivity index is 1.54. The molecule has 0 bridgehead atoms. The van der Waals surface area contributed by atoms with Gasteiger partial charge in [0, 0.05) is 12.7 Å². The maximum Gasteiger partial charge on any atom is 0.224 e. The molecule has 4 heteroatoms. The van der Waals surface area contributed by atoms with Crippen molar-refractivity contribution in [3.8, 4) is 17.0 Å². The van der Waals surface area contributed by atoms with E-state index in [0.717, 1.165) is 24.1 Å². The minimum Gasteiger partial charge on any atom is -0.477 e. The highest BCUT2D eigenvalue weighted by molar-refractivity contribution is 5.67. The number of piperidine rings is 1. The van der Waals surface area contributed by atoms with E-state index in [-0.39, 0.29) is 0 Å². The average molecular weight is 297 g/mol. The molecule has 3 rings (SSSR count). The molecule has 2 heterocycles. The van der Waals surface area contributed by atoms with Crippen molar-refractivity contribution in [1.29, 1.82) is 0 Å². The number of hydrogen-bond acceptors (Lipinski definition) is 4. The van der Waals surface area contributed by atoms with E-state index in [9.17, 15) is 0 Å². The molecule has 116 valence electrons. The summed E-state index contributed by atoms with van der Waals surface area (Å²) in [7, 11) is 0. The van der Waals surface area contributed by atoms with Crippen molar-refractivity contribution in [2.24, 2.45) is 0 Å². The highest BCUT2D eigenvalue weighted by Gasteiger charge is 2.10. The Morgan fingerprint density at radius 3 is 2.68 bits per heavy atom. The molecule has 4 nitrogen and oxygen atoms in total. The summed E-state index contributed by atoms with van der Waals surface area (Å²) in [5, 5.41) is 0. The van der Waals surface area contributed by atoms with Crippen molar-refractivity contribution in [3.63, 3.8) is 0 Å². The van der Waals surface area contributed by atoms with E-state index in [4.69, 9.17) is 4.74 Å². The van der Waals surface area contributed by atoms with E-state index in [2.05, 4.69) is 27.0 Å². The zero-order valence-electron chi connectivity index (χ0n) is 12.9. The molecule has 1 aliphatic rings. The third-order valence-corrected chi connectivity index (χ3v) is 4.07. The van der Waals surface area contributed by atoms with Crippen LogP contribution >= 0.6 is 0 Å². The van der Waals surface area contributed by atoms with Gasteiger partial charge < -0.3 is 9.64 Å². The Bertz CT molecular complexity index is 568. The Labute approximate surface area is 132 Å². The van der Waals surface area contributed by atoms with Gasteiger partial charge in [0.1, 0.15) is 6.33 Å². The second-order valence-electron chi connectivity index (χ2n) is 5.71. The molecule has 0 radical (unpaired) electrons. The van der Waals surface area contributed by atoms with Crippen molar-refractivity contribution in [1.82, 2.24) is 14.9 Å². The van der Waals surface area contributed by atoms with Gasteiger partial charge in [0.25, 0.3) is 0 Å². The van der Waals surface area contributed by atoms with Gasteiger partial charge in [-0.25, -0.2) is 9.97 Å². The molecule has 2 aromatic rings. The Morgan fingerprint density at radius 2 is 1.86 bits per heavy atom. The Kier molecular flexibility index (Phi) is 5.37. The predicted octanol–water partition coefficient (Wildman–Crippen LogP) is 3.40.